The van der Waals surface area contributed by atoms with Gasteiger partial charge in [0.15, 0.2) is 6.10 Å². The standard InChI is InChI=1S/C23H26ClN3O3/c1-15-4-3-5-16(2)22(15)25-21(28)14-26-8-10-27(11-9-26)23(29)20-13-17-12-18(24)6-7-19(17)30-20/h3-7,12,20H,8-11,13-14H2,1-2H3,(H,25,28). The van der Waals surface area contributed by atoms with Crippen LogP contribution in [0.1, 0.15) is 16.7 Å². The van der Waals surface area contributed by atoms with Crippen LogP contribution in [-0.4, -0.2) is 60.4 Å². The summed E-state index contributed by atoms with van der Waals surface area (Å²) < 4.78 is 5.83. The number of hydrogen-bond acceptors (Lipinski definition) is 4. The van der Waals surface area contributed by atoms with E-state index in [1.165, 1.54) is 0 Å². The molecule has 2 aliphatic heterocycles. The highest BCUT2D eigenvalue weighted by Crippen LogP contribution is 2.31. The van der Waals surface area contributed by atoms with E-state index in [2.05, 4.69) is 10.2 Å². The highest BCUT2D eigenvalue weighted by Gasteiger charge is 2.34. The Kier molecular flexibility index (Phi) is 5.97. The molecule has 2 amide bonds. The summed E-state index contributed by atoms with van der Waals surface area (Å²) in [6, 6.07) is 11.4. The molecule has 1 saturated heterocycles. The van der Waals surface area contributed by atoms with Crippen LogP contribution >= 0.6 is 11.6 Å². The van der Waals surface area contributed by atoms with Crippen molar-refractivity contribution in [2.24, 2.45) is 0 Å². The van der Waals surface area contributed by atoms with Crippen LogP contribution in [0.25, 0.3) is 0 Å². The molecule has 0 saturated carbocycles. The summed E-state index contributed by atoms with van der Waals surface area (Å²) in [6.45, 7) is 6.81. The molecule has 0 aromatic heterocycles. The smallest absolute Gasteiger partial charge is 0.264 e. The monoisotopic (exact) mass is 427 g/mol. The number of nitrogens with zero attached hydrogens (tertiary/aromatic N) is 2. The molecular weight excluding hydrogens is 402 g/mol. The largest absolute Gasteiger partial charge is 0.480 e. The first-order valence-corrected chi connectivity index (χ1v) is 10.6. The lowest BCUT2D eigenvalue weighted by molar-refractivity contribution is -0.139. The first-order valence-electron chi connectivity index (χ1n) is 10.2. The maximum atomic E-state index is 12.9. The quantitative estimate of drug-likeness (QED) is 0.814. The fourth-order valence-electron chi connectivity index (χ4n) is 4.08. The molecule has 1 fully saturated rings. The Morgan fingerprint density at radius 2 is 1.80 bits per heavy atom. The number of rotatable bonds is 4. The number of carbonyl (C=O) groups excluding carboxylic acids is 2. The van der Waals surface area contributed by atoms with Crippen molar-refractivity contribution in [2.75, 3.05) is 38.0 Å². The Morgan fingerprint density at radius 1 is 1.10 bits per heavy atom. The number of para-hydroxylation sites is 1. The molecular formula is C23H26ClN3O3. The second kappa shape index (κ2) is 8.66. The lowest BCUT2D eigenvalue weighted by Crippen LogP contribution is -2.53. The van der Waals surface area contributed by atoms with E-state index >= 15 is 0 Å². The van der Waals surface area contributed by atoms with Gasteiger partial charge in [0.25, 0.3) is 5.91 Å². The maximum absolute atomic E-state index is 12.9. The molecule has 0 spiro atoms. The first-order chi connectivity index (χ1) is 14.4. The molecule has 2 heterocycles. The summed E-state index contributed by atoms with van der Waals surface area (Å²) in [7, 11) is 0. The lowest BCUT2D eigenvalue weighted by Gasteiger charge is -2.35. The molecule has 2 aromatic rings. The minimum atomic E-state index is -0.489. The molecule has 1 N–H and O–H groups in total. The molecule has 4 rings (SSSR count). The molecule has 30 heavy (non-hydrogen) atoms. The van der Waals surface area contributed by atoms with Crippen LogP contribution in [0.4, 0.5) is 5.69 Å². The van der Waals surface area contributed by atoms with Gasteiger partial charge in [0.05, 0.1) is 6.54 Å². The SMILES string of the molecule is Cc1cccc(C)c1NC(=O)CN1CCN(C(=O)C2Cc3cc(Cl)ccc3O2)CC1. The topological polar surface area (TPSA) is 61.9 Å². The minimum Gasteiger partial charge on any atom is -0.480 e. The number of carbonyl (C=O) groups is 2. The van der Waals surface area contributed by atoms with Crippen LogP contribution in [-0.2, 0) is 16.0 Å². The van der Waals surface area contributed by atoms with Crippen molar-refractivity contribution < 1.29 is 14.3 Å². The van der Waals surface area contributed by atoms with Crippen molar-refractivity contribution in [3.8, 4) is 5.75 Å². The summed E-state index contributed by atoms with van der Waals surface area (Å²) in [6.07, 6.45) is 0.0602. The fourth-order valence-corrected chi connectivity index (χ4v) is 4.27. The van der Waals surface area contributed by atoms with E-state index in [0.717, 1.165) is 28.1 Å². The highest BCUT2D eigenvalue weighted by molar-refractivity contribution is 6.30. The normalized spacial score (nSPS) is 18.6. The van der Waals surface area contributed by atoms with Gasteiger partial charge in [0.1, 0.15) is 5.75 Å². The summed E-state index contributed by atoms with van der Waals surface area (Å²) in [5.74, 6) is 0.708. The number of amides is 2. The second-order valence-electron chi connectivity index (χ2n) is 7.98. The van der Waals surface area contributed by atoms with Crippen LogP contribution in [0, 0.1) is 13.8 Å². The van der Waals surface area contributed by atoms with Crippen molar-refractivity contribution in [1.29, 1.82) is 0 Å². The summed E-state index contributed by atoms with van der Waals surface area (Å²) in [4.78, 5) is 29.3. The Labute approximate surface area is 181 Å². The van der Waals surface area contributed by atoms with Gasteiger partial charge >= 0.3 is 0 Å². The van der Waals surface area contributed by atoms with Crippen LogP contribution in [0.3, 0.4) is 0 Å². The number of ether oxygens (including phenoxy) is 1. The molecule has 1 atom stereocenters. The van der Waals surface area contributed by atoms with E-state index in [4.69, 9.17) is 16.3 Å². The predicted octanol–water partition coefficient (Wildman–Crippen LogP) is 3.04. The van der Waals surface area contributed by atoms with Gasteiger partial charge < -0.3 is 15.0 Å². The van der Waals surface area contributed by atoms with Crippen molar-refractivity contribution in [3.05, 3.63) is 58.1 Å². The Bertz CT molecular complexity index is 950. The van der Waals surface area contributed by atoms with E-state index in [9.17, 15) is 9.59 Å². The van der Waals surface area contributed by atoms with E-state index < -0.39 is 6.10 Å². The van der Waals surface area contributed by atoms with E-state index in [1.807, 2.05) is 49.1 Å². The Balaban J connectivity index is 1.27. The van der Waals surface area contributed by atoms with Crippen LogP contribution in [0.2, 0.25) is 5.02 Å². The molecule has 158 valence electrons. The highest BCUT2D eigenvalue weighted by atomic mass is 35.5. The van der Waals surface area contributed by atoms with Crippen molar-refractivity contribution in [1.82, 2.24) is 9.80 Å². The summed E-state index contributed by atoms with van der Waals surface area (Å²) >= 11 is 6.04. The third kappa shape index (κ3) is 4.45. The van der Waals surface area contributed by atoms with E-state index in [0.29, 0.717) is 44.2 Å². The molecule has 6 nitrogen and oxygen atoms in total. The average Bonchev–Trinajstić information content (AvgIpc) is 3.14. The Hall–Kier alpha value is -2.57. The van der Waals surface area contributed by atoms with Gasteiger partial charge in [-0.25, -0.2) is 0 Å². The third-order valence-electron chi connectivity index (χ3n) is 5.77. The lowest BCUT2D eigenvalue weighted by atomic mass is 10.1. The van der Waals surface area contributed by atoms with Gasteiger partial charge in [-0.1, -0.05) is 29.8 Å². The molecule has 0 radical (unpaired) electrons. The van der Waals surface area contributed by atoms with Gasteiger partial charge in [0, 0.05) is 43.3 Å². The molecule has 0 aliphatic carbocycles. The molecule has 1 unspecified atom stereocenters. The van der Waals surface area contributed by atoms with Gasteiger partial charge in [-0.3, -0.25) is 14.5 Å². The third-order valence-corrected chi connectivity index (χ3v) is 6.00. The fraction of sp³-hybridized carbons (Fsp3) is 0.391. The van der Waals surface area contributed by atoms with Crippen molar-refractivity contribution >= 4 is 29.1 Å². The second-order valence-corrected chi connectivity index (χ2v) is 8.42. The van der Waals surface area contributed by atoms with Crippen LogP contribution in [0.5, 0.6) is 5.75 Å². The Morgan fingerprint density at radius 3 is 2.50 bits per heavy atom. The summed E-state index contributed by atoms with van der Waals surface area (Å²) in [5.41, 5.74) is 3.97. The number of piperazine rings is 1. The van der Waals surface area contributed by atoms with E-state index in [1.54, 1.807) is 6.07 Å². The van der Waals surface area contributed by atoms with Crippen molar-refractivity contribution in [3.63, 3.8) is 0 Å². The number of aryl methyl sites for hydroxylation is 2. The summed E-state index contributed by atoms with van der Waals surface area (Å²) in [5, 5.41) is 3.68. The van der Waals surface area contributed by atoms with Gasteiger partial charge in [-0.2, -0.15) is 0 Å². The first kappa shape index (κ1) is 20.7. The van der Waals surface area contributed by atoms with E-state index in [-0.39, 0.29) is 11.8 Å². The molecule has 2 aromatic carbocycles. The van der Waals surface area contributed by atoms with Crippen LogP contribution < -0.4 is 10.1 Å². The van der Waals surface area contributed by atoms with Gasteiger partial charge in [-0.15, -0.1) is 0 Å². The number of hydrogen-bond donors (Lipinski definition) is 1. The maximum Gasteiger partial charge on any atom is 0.264 e. The van der Waals surface area contributed by atoms with Crippen molar-refractivity contribution in [2.45, 2.75) is 26.4 Å². The number of benzene rings is 2. The van der Waals surface area contributed by atoms with Gasteiger partial charge in [-0.05, 0) is 48.7 Å². The molecule has 7 heteroatoms. The minimum absolute atomic E-state index is 0.00181. The average molecular weight is 428 g/mol. The van der Waals surface area contributed by atoms with Gasteiger partial charge in [0.2, 0.25) is 5.91 Å². The number of nitrogens with one attached hydrogen (secondary N) is 1. The zero-order valence-corrected chi connectivity index (χ0v) is 18.0. The predicted molar refractivity (Wildman–Crippen MR) is 117 cm³/mol. The number of fused-ring (bicyclic) bond motifs is 1. The van der Waals surface area contributed by atoms with Crippen LogP contribution in [0.15, 0.2) is 36.4 Å². The number of anilines is 1. The molecule has 0 bridgehead atoms. The number of halogens is 1. The zero-order valence-electron chi connectivity index (χ0n) is 17.3. The molecule has 2 aliphatic rings. The zero-order chi connectivity index (χ0) is 21.3.